The van der Waals surface area contributed by atoms with Crippen LogP contribution in [0.15, 0.2) is 16.6 Å². The molecule has 1 aliphatic carbocycles. The van der Waals surface area contributed by atoms with Crippen LogP contribution in [0.5, 0.6) is 0 Å². The van der Waals surface area contributed by atoms with Crippen molar-refractivity contribution < 1.29 is 4.39 Å². The molecule has 20 heavy (non-hydrogen) atoms. The highest BCUT2D eigenvalue weighted by Crippen LogP contribution is 2.51. The minimum Gasteiger partial charge on any atom is -0.326 e. The van der Waals surface area contributed by atoms with Crippen LogP contribution in [0, 0.1) is 11.2 Å². The van der Waals surface area contributed by atoms with Gasteiger partial charge in [-0.3, -0.25) is 0 Å². The van der Waals surface area contributed by atoms with Gasteiger partial charge in [0.15, 0.2) is 0 Å². The van der Waals surface area contributed by atoms with Gasteiger partial charge in [-0.15, -0.1) is 11.6 Å². The molecule has 1 heterocycles. The number of hydrogen-bond donors (Lipinski definition) is 0. The van der Waals surface area contributed by atoms with Gasteiger partial charge in [-0.25, -0.2) is 9.37 Å². The molecule has 0 unspecified atom stereocenters. The minimum absolute atomic E-state index is 0.280. The van der Waals surface area contributed by atoms with Crippen molar-refractivity contribution in [2.24, 2.45) is 5.41 Å². The molecule has 5 heteroatoms. The third-order valence-corrected chi connectivity index (χ3v) is 5.07. The Bertz CT molecular complexity index is 649. The Kier molecular flexibility index (Phi) is 3.80. The van der Waals surface area contributed by atoms with Gasteiger partial charge in [-0.1, -0.05) is 13.3 Å². The molecule has 1 saturated carbocycles. The molecular weight excluding hydrogens is 343 g/mol. The number of hydrogen-bond acceptors (Lipinski definition) is 1. The lowest BCUT2D eigenvalue weighted by molar-refractivity contribution is 0.389. The first-order chi connectivity index (χ1) is 9.58. The summed E-state index contributed by atoms with van der Waals surface area (Å²) in [6.07, 6.45) is 4.97. The molecule has 0 amide bonds. The molecule has 2 aromatic rings. The highest BCUT2D eigenvalue weighted by atomic mass is 79.9. The van der Waals surface area contributed by atoms with E-state index in [0.29, 0.717) is 21.3 Å². The van der Waals surface area contributed by atoms with Gasteiger partial charge in [-0.05, 0) is 46.7 Å². The van der Waals surface area contributed by atoms with E-state index in [0.717, 1.165) is 17.9 Å². The molecule has 1 aromatic carbocycles. The number of benzene rings is 1. The number of imidazole rings is 1. The maximum Gasteiger partial charge on any atom is 0.139 e. The fourth-order valence-corrected chi connectivity index (χ4v) is 3.51. The molecule has 3 rings (SSSR count). The SMILES string of the molecule is CCCC1(Cn2c(CCl)nc3cc(F)c(Br)cc32)CC1. The number of halogens is 3. The van der Waals surface area contributed by atoms with Crippen molar-refractivity contribution in [3.8, 4) is 0 Å². The summed E-state index contributed by atoms with van der Waals surface area (Å²) in [5.41, 5.74) is 2.06. The molecule has 1 fully saturated rings. The predicted octanol–water partition coefficient (Wildman–Crippen LogP) is 5.26. The Labute approximate surface area is 131 Å². The Hall–Kier alpha value is -0.610. The van der Waals surface area contributed by atoms with Gasteiger partial charge in [0.2, 0.25) is 0 Å². The standard InChI is InChI=1S/C15H17BrClFN2/c1-2-3-15(4-5-15)9-20-13-6-10(16)11(18)7-12(13)19-14(20)8-17/h6-7H,2-5,8-9H2,1H3. The molecule has 1 aromatic heterocycles. The lowest BCUT2D eigenvalue weighted by atomic mass is 10.0. The molecule has 0 aliphatic heterocycles. The topological polar surface area (TPSA) is 17.8 Å². The quantitative estimate of drug-likeness (QED) is 0.666. The Balaban J connectivity index is 2.06. The first kappa shape index (κ1) is 14.3. The Morgan fingerprint density at radius 1 is 1.45 bits per heavy atom. The number of rotatable bonds is 5. The van der Waals surface area contributed by atoms with E-state index >= 15 is 0 Å². The summed E-state index contributed by atoms with van der Waals surface area (Å²) in [6, 6.07) is 3.29. The lowest BCUT2D eigenvalue weighted by Gasteiger charge is -2.17. The zero-order valence-corrected chi connectivity index (χ0v) is 13.8. The van der Waals surface area contributed by atoms with E-state index in [-0.39, 0.29) is 5.82 Å². The maximum atomic E-state index is 13.6. The monoisotopic (exact) mass is 358 g/mol. The second kappa shape index (κ2) is 5.30. The lowest BCUT2D eigenvalue weighted by Crippen LogP contribution is -2.13. The second-order valence-corrected chi connectivity index (χ2v) is 6.87. The van der Waals surface area contributed by atoms with Crippen LogP contribution in [0.2, 0.25) is 0 Å². The molecule has 2 nitrogen and oxygen atoms in total. The molecule has 0 atom stereocenters. The van der Waals surface area contributed by atoms with Crippen molar-refractivity contribution in [1.82, 2.24) is 9.55 Å². The smallest absolute Gasteiger partial charge is 0.139 e. The van der Waals surface area contributed by atoms with E-state index in [9.17, 15) is 4.39 Å². The highest BCUT2D eigenvalue weighted by molar-refractivity contribution is 9.10. The van der Waals surface area contributed by atoms with Gasteiger partial charge in [0.05, 0.1) is 21.4 Å². The zero-order valence-electron chi connectivity index (χ0n) is 11.4. The van der Waals surface area contributed by atoms with Gasteiger partial charge in [0.1, 0.15) is 11.6 Å². The zero-order chi connectivity index (χ0) is 14.3. The maximum absolute atomic E-state index is 13.6. The third kappa shape index (κ3) is 2.48. The summed E-state index contributed by atoms with van der Waals surface area (Å²) in [7, 11) is 0. The van der Waals surface area contributed by atoms with E-state index in [4.69, 9.17) is 11.6 Å². The van der Waals surface area contributed by atoms with Crippen LogP contribution in [-0.4, -0.2) is 9.55 Å². The highest BCUT2D eigenvalue weighted by Gasteiger charge is 2.42. The fraction of sp³-hybridized carbons (Fsp3) is 0.533. The normalized spacial score (nSPS) is 16.8. The predicted molar refractivity (Wildman–Crippen MR) is 83.5 cm³/mol. The van der Waals surface area contributed by atoms with Crippen molar-refractivity contribution in [2.45, 2.75) is 45.0 Å². The Morgan fingerprint density at radius 2 is 2.20 bits per heavy atom. The van der Waals surface area contributed by atoms with E-state index in [1.54, 1.807) is 0 Å². The number of alkyl halides is 1. The van der Waals surface area contributed by atoms with Gasteiger partial charge >= 0.3 is 0 Å². The molecule has 0 saturated heterocycles. The van der Waals surface area contributed by atoms with Gasteiger partial charge in [0, 0.05) is 12.6 Å². The van der Waals surface area contributed by atoms with Crippen molar-refractivity contribution in [3.05, 3.63) is 28.2 Å². The van der Waals surface area contributed by atoms with Crippen LogP contribution >= 0.6 is 27.5 Å². The van der Waals surface area contributed by atoms with Crippen LogP contribution in [0.1, 0.15) is 38.4 Å². The van der Waals surface area contributed by atoms with Crippen LogP contribution < -0.4 is 0 Å². The minimum atomic E-state index is -0.280. The molecular formula is C15H17BrClFN2. The van der Waals surface area contributed by atoms with Gasteiger partial charge in [0.25, 0.3) is 0 Å². The van der Waals surface area contributed by atoms with E-state index in [1.165, 1.54) is 31.7 Å². The third-order valence-electron chi connectivity index (χ3n) is 4.22. The van der Waals surface area contributed by atoms with E-state index in [2.05, 4.69) is 32.4 Å². The average molecular weight is 360 g/mol. The number of fused-ring (bicyclic) bond motifs is 1. The van der Waals surface area contributed by atoms with Crippen molar-refractivity contribution in [3.63, 3.8) is 0 Å². The summed E-state index contributed by atoms with van der Waals surface area (Å²) >= 11 is 9.28. The molecule has 1 aliphatic rings. The number of aromatic nitrogens is 2. The van der Waals surface area contributed by atoms with Crippen LogP contribution in [0.4, 0.5) is 4.39 Å². The van der Waals surface area contributed by atoms with Crippen molar-refractivity contribution in [1.29, 1.82) is 0 Å². The molecule has 0 N–H and O–H groups in total. The summed E-state index contributed by atoms with van der Waals surface area (Å²) in [5, 5.41) is 0. The summed E-state index contributed by atoms with van der Waals surface area (Å²) in [6.45, 7) is 3.16. The summed E-state index contributed by atoms with van der Waals surface area (Å²) < 4.78 is 16.3. The first-order valence-corrected chi connectivity index (χ1v) is 8.31. The van der Waals surface area contributed by atoms with Gasteiger partial charge in [-0.2, -0.15) is 0 Å². The Morgan fingerprint density at radius 3 is 2.80 bits per heavy atom. The summed E-state index contributed by atoms with van der Waals surface area (Å²) in [4.78, 5) is 4.48. The van der Waals surface area contributed by atoms with Crippen LogP contribution in [0.25, 0.3) is 11.0 Å². The van der Waals surface area contributed by atoms with E-state index in [1.807, 2.05) is 6.07 Å². The summed E-state index contributed by atoms with van der Waals surface area (Å²) in [5.74, 6) is 0.912. The molecule has 0 spiro atoms. The second-order valence-electron chi connectivity index (χ2n) is 5.75. The largest absolute Gasteiger partial charge is 0.326 e. The fourth-order valence-electron chi connectivity index (χ4n) is 2.98. The van der Waals surface area contributed by atoms with Crippen molar-refractivity contribution >= 4 is 38.6 Å². The molecule has 108 valence electrons. The molecule has 0 radical (unpaired) electrons. The number of nitrogens with zero attached hydrogens (tertiary/aromatic N) is 2. The van der Waals surface area contributed by atoms with Crippen LogP contribution in [-0.2, 0) is 12.4 Å². The van der Waals surface area contributed by atoms with E-state index < -0.39 is 0 Å². The first-order valence-electron chi connectivity index (χ1n) is 6.99. The van der Waals surface area contributed by atoms with Crippen molar-refractivity contribution in [2.75, 3.05) is 0 Å². The van der Waals surface area contributed by atoms with Crippen LogP contribution in [0.3, 0.4) is 0 Å². The average Bonchev–Trinajstić information content (AvgIpc) is 3.10. The molecule has 0 bridgehead atoms. The van der Waals surface area contributed by atoms with Gasteiger partial charge < -0.3 is 4.57 Å².